The molecular weight excluding hydrogens is 750 g/mol. The summed E-state index contributed by atoms with van der Waals surface area (Å²) in [5.74, 6) is 0.683. The van der Waals surface area contributed by atoms with Crippen LogP contribution >= 0.6 is 0 Å². The van der Waals surface area contributed by atoms with Crippen molar-refractivity contribution in [1.29, 1.82) is 0 Å². The molecule has 58 heavy (non-hydrogen) atoms. The van der Waals surface area contributed by atoms with E-state index in [-0.39, 0.29) is 43.7 Å². The molecule has 9 unspecified atom stereocenters. The Balaban J connectivity index is 0.950. The quantitative estimate of drug-likeness (QED) is 0.217. The lowest BCUT2D eigenvalue weighted by atomic mass is 9.78. The Labute approximate surface area is 339 Å². The van der Waals surface area contributed by atoms with Crippen molar-refractivity contribution < 1.29 is 57.0 Å². The minimum absolute atomic E-state index is 0.0526. The van der Waals surface area contributed by atoms with Gasteiger partial charge in [0.15, 0.2) is 25.0 Å². The summed E-state index contributed by atoms with van der Waals surface area (Å²) in [4.78, 5) is 40.8. The van der Waals surface area contributed by atoms with Crippen LogP contribution in [0.4, 0.5) is 14.4 Å². The minimum Gasteiger partial charge on any atom is -0.445 e. The van der Waals surface area contributed by atoms with E-state index in [1.165, 1.54) is 4.90 Å². The van der Waals surface area contributed by atoms with Crippen LogP contribution in [0.15, 0.2) is 60.7 Å². The fourth-order valence-corrected chi connectivity index (χ4v) is 9.33. The Morgan fingerprint density at radius 2 is 1.33 bits per heavy atom. The molecule has 1 saturated carbocycles. The highest BCUT2D eigenvalue weighted by Crippen LogP contribution is 2.45. The van der Waals surface area contributed by atoms with E-state index in [4.69, 9.17) is 42.6 Å². The zero-order valence-electron chi connectivity index (χ0n) is 34.0. The van der Waals surface area contributed by atoms with Gasteiger partial charge in [0.1, 0.15) is 43.7 Å². The van der Waals surface area contributed by atoms with E-state index in [1.54, 1.807) is 7.05 Å². The first-order valence-corrected chi connectivity index (χ1v) is 20.8. The van der Waals surface area contributed by atoms with Crippen LogP contribution in [0.25, 0.3) is 0 Å². The summed E-state index contributed by atoms with van der Waals surface area (Å²) in [6, 6.07) is 17.1. The maximum Gasteiger partial charge on any atom is 0.410 e. The van der Waals surface area contributed by atoms with Crippen molar-refractivity contribution >= 4 is 18.3 Å². The van der Waals surface area contributed by atoms with Gasteiger partial charge >= 0.3 is 18.3 Å². The first-order valence-electron chi connectivity index (χ1n) is 20.8. The van der Waals surface area contributed by atoms with Crippen molar-refractivity contribution in [3.05, 3.63) is 71.8 Å². The van der Waals surface area contributed by atoms with E-state index in [9.17, 15) is 14.4 Å². The number of carbonyl (C=O) groups is 3. The molecule has 3 amide bonds. The number of ether oxygens (including phenoxy) is 9. The van der Waals surface area contributed by atoms with Crippen molar-refractivity contribution in [2.75, 3.05) is 7.05 Å². The summed E-state index contributed by atoms with van der Waals surface area (Å²) in [5, 5.41) is 5.92. The second-order valence-electron chi connectivity index (χ2n) is 16.9. The molecule has 0 aromatic heterocycles. The average molecular weight is 808 g/mol. The molecule has 2 N–H and O–H groups in total. The number of hydrogen-bond donors (Lipinski definition) is 2. The number of nitrogens with zero attached hydrogens (tertiary/aromatic N) is 1. The number of amides is 3. The molecule has 1 aliphatic carbocycles. The lowest BCUT2D eigenvalue weighted by molar-refractivity contribution is -0.368. The predicted octanol–water partition coefficient (Wildman–Crippen LogP) is 5.49. The number of epoxide rings is 1. The molecule has 15 heteroatoms. The molecule has 316 valence electrons. The fraction of sp³-hybridized carbons (Fsp3) is 0.651. The van der Waals surface area contributed by atoms with E-state index in [1.807, 2.05) is 67.6 Å². The van der Waals surface area contributed by atoms with Gasteiger partial charge in [0.05, 0.1) is 24.3 Å². The molecule has 6 aliphatic rings. The van der Waals surface area contributed by atoms with Crippen molar-refractivity contribution in [2.45, 2.75) is 147 Å². The zero-order valence-corrected chi connectivity index (χ0v) is 34.0. The Morgan fingerprint density at radius 1 is 0.690 bits per heavy atom. The van der Waals surface area contributed by atoms with Crippen LogP contribution in [-0.2, 0) is 55.8 Å². The largest absolute Gasteiger partial charge is 0.445 e. The Kier molecular flexibility index (Phi) is 12.2. The van der Waals surface area contributed by atoms with Gasteiger partial charge in [0.25, 0.3) is 0 Å². The zero-order chi connectivity index (χ0) is 40.7. The summed E-state index contributed by atoms with van der Waals surface area (Å²) in [7, 11) is 1.68. The molecular formula is C43H57N3O12. The van der Waals surface area contributed by atoms with Gasteiger partial charge in [0, 0.05) is 18.9 Å². The number of rotatable bonds is 11. The highest BCUT2D eigenvalue weighted by atomic mass is 16.8. The predicted molar refractivity (Wildman–Crippen MR) is 206 cm³/mol. The number of nitrogens with one attached hydrogen (secondary N) is 2. The van der Waals surface area contributed by atoms with E-state index >= 15 is 0 Å². The van der Waals surface area contributed by atoms with Crippen LogP contribution in [0.5, 0.6) is 0 Å². The van der Waals surface area contributed by atoms with Gasteiger partial charge in [-0.15, -0.1) is 0 Å². The summed E-state index contributed by atoms with van der Waals surface area (Å²) in [6.07, 6.45) is -5.31. The Bertz CT molecular complexity index is 1740. The normalized spacial score (nSPS) is 40.3. The molecule has 8 rings (SSSR count). The summed E-state index contributed by atoms with van der Waals surface area (Å²) in [6.45, 7) is 10.9. The molecule has 0 spiro atoms. The summed E-state index contributed by atoms with van der Waals surface area (Å²) < 4.78 is 56.5. The molecule has 2 aromatic rings. The highest BCUT2D eigenvalue weighted by molar-refractivity contribution is 5.71. The van der Waals surface area contributed by atoms with E-state index in [0.717, 1.165) is 17.5 Å². The molecule has 6 fully saturated rings. The topological polar surface area (TPSA) is 165 Å². The summed E-state index contributed by atoms with van der Waals surface area (Å²) >= 11 is 0. The average Bonchev–Trinajstić information content (AvgIpc) is 3.97. The molecule has 0 bridgehead atoms. The van der Waals surface area contributed by atoms with Gasteiger partial charge in [-0.3, -0.25) is 4.90 Å². The number of carbonyl (C=O) groups excluding carboxylic acids is 3. The van der Waals surface area contributed by atoms with Gasteiger partial charge in [-0.1, -0.05) is 95.3 Å². The second-order valence-corrected chi connectivity index (χ2v) is 16.9. The van der Waals surface area contributed by atoms with Crippen LogP contribution in [0.3, 0.4) is 0 Å². The van der Waals surface area contributed by atoms with Gasteiger partial charge in [-0.25, -0.2) is 14.4 Å². The first-order chi connectivity index (χ1) is 28.0. The van der Waals surface area contributed by atoms with Gasteiger partial charge in [0.2, 0.25) is 0 Å². The first kappa shape index (κ1) is 40.8. The SMILES string of the molecule is CCC1O[C@H](OC2O[C@H]3CC(C)[C@@H](O[C@@H]4C(NC(=O)OCc5ccccc5)C[C@@H](NC(=O)OCc5ccccc5)C5O[C@H]54)OC3C3OC(=O)N(C)C23)C(C)[C@@H](C)[C@@H]1C. The molecule has 2 aromatic carbocycles. The molecule has 17 atom stereocenters. The third kappa shape index (κ3) is 8.52. The Hall–Kier alpha value is -3.99. The van der Waals surface area contributed by atoms with Crippen molar-refractivity contribution in [1.82, 2.24) is 15.5 Å². The minimum atomic E-state index is -0.792. The maximum atomic E-state index is 13.3. The molecule has 5 aliphatic heterocycles. The lowest BCUT2D eigenvalue weighted by Gasteiger charge is -2.51. The molecule has 0 radical (unpaired) electrons. The van der Waals surface area contributed by atoms with Crippen molar-refractivity contribution in [3.8, 4) is 0 Å². The monoisotopic (exact) mass is 807 g/mol. The third-order valence-corrected chi connectivity index (χ3v) is 13.1. The number of benzene rings is 2. The van der Waals surface area contributed by atoms with Crippen LogP contribution in [-0.4, -0.2) is 110 Å². The smallest absolute Gasteiger partial charge is 0.410 e. The van der Waals surface area contributed by atoms with Crippen molar-refractivity contribution in [3.63, 3.8) is 0 Å². The van der Waals surface area contributed by atoms with Crippen LogP contribution in [0.2, 0.25) is 0 Å². The number of hydrogen-bond acceptors (Lipinski definition) is 12. The number of likely N-dealkylation sites (N-methyl/N-ethyl adjacent to an activating group) is 1. The molecule has 15 nitrogen and oxygen atoms in total. The van der Waals surface area contributed by atoms with Gasteiger partial charge < -0.3 is 53.3 Å². The van der Waals surface area contributed by atoms with E-state index in [2.05, 4.69) is 38.3 Å². The van der Waals surface area contributed by atoms with Crippen molar-refractivity contribution in [2.24, 2.45) is 23.7 Å². The van der Waals surface area contributed by atoms with E-state index < -0.39 is 85.8 Å². The Morgan fingerprint density at radius 3 is 1.97 bits per heavy atom. The maximum absolute atomic E-state index is 13.3. The molecule has 5 heterocycles. The summed E-state index contributed by atoms with van der Waals surface area (Å²) in [5.41, 5.74) is 1.70. The fourth-order valence-electron chi connectivity index (χ4n) is 9.33. The number of alkyl carbamates (subject to hydrolysis) is 2. The van der Waals surface area contributed by atoms with Crippen LogP contribution < -0.4 is 10.6 Å². The van der Waals surface area contributed by atoms with Gasteiger partial charge in [-0.2, -0.15) is 0 Å². The van der Waals surface area contributed by atoms with Gasteiger partial charge in [-0.05, 0) is 42.2 Å². The van der Waals surface area contributed by atoms with Crippen LogP contribution in [0.1, 0.15) is 65.0 Å². The standard InChI is InChI=1S/C43H57N3O12/c1-7-30-24(4)23(3)25(5)39(52-30)58-40-32-36(57-43(49)46(32)6)35-31(53-40)18-22(2)38(56-35)55-34-29(45-42(48)51-21-27-16-12-9-13-17-27)19-28(33-37(34)54-33)44-41(47)50-20-26-14-10-8-11-15-26/h8-17,22-25,28-40H,7,18-21H2,1-6H3,(H,44,47)(H,45,48)/t22?,23-,24-,25?,28+,29?,30?,31-,32?,33?,34+,35?,36?,37+,38-,39+,40?/m0/s1. The number of fused-ring (bicyclic) bond motifs is 4. The van der Waals surface area contributed by atoms with Crippen LogP contribution in [0, 0.1) is 23.7 Å². The second kappa shape index (κ2) is 17.3. The van der Waals surface area contributed by atoms with E-state index in [0.29, 0.717) is 18.3 Å². The highest BCUT2D eigenvalue weighted by Gasteiger charge is 2.62. The lowest BCUT2D eigenvalue weighted by Crippen LogP contribution is -2.65. The third-order valence-electron chi connectivity index (χ3n) is 13.1. The molecule has 5 saturated heterocycles.